The van der Waals surface area contributed by atoms with Gasteiger partial charge in [0.15, 0.2) is 5.60 Å². The molecule has 0 aliphatic rings. The molecule has 0 spiro atoms. The quantitative estimate of drug-likeness (QED) is 0.386. The largest absolute Gasteiger partial charge is 0.493 e. The van der Waals surface area contributed by atoms with Crippen LogP contribution in [-0.4, -0.2) is 39.7 Å². The van der Waals surface area contributed by atoms with Crippen LogP contribution in [-0.2, 0) is 17.6 Å². The Morgan fingerprint density at radius 2 is 1.79 bits per heavy atom. The lowest BCUT2D eigenvalue weighted by Crippen LogP contribution is -2.37. The molecule has 1 heterocycles. The summed E-state index contributed by atoms with van der Waals surface area (Å²) >= 11 is 0. The highest BCUT2D eigenvalue weighted by Gasteiger charge is 2.29. The number of aromatic nitrogens is 2. The van der Waals surface area contributed by atoms with Gasteiger partial charge in [-0.3, -0.25) is 0 Å². The Morgan fingerprint density at radius 1 is 1.06 bits per heavy atom. The molecule has 0 unspecified atom stereocenters. The van der Waals surface area contributed by atoms with E-state index in [0.717, 1.165) is 30.5 Å². The van der Waals surface area contributed by atoms with Crippen LogP contribution in [0.1, 0.15) is 45.2 Å². The lowest BCUT2D eigenvalue weighted by molar-refractivity contribution is -0.152. The van der Waals surface area contributed by atoms with Gasteiger partial charge in [-0.2, -0.15) is 0 Å². The summed E-state index contributed by atoms with van der Waals surface area (Å²) in [6, 6.07) is 15.4. The Bertz CT molecular complexity index is 1060. The number of ether oxygens (including phenoxy) is 3. The molecule has 3 rings (SSSR count). The van der Waals surface area contributed by atoms with E-state index in [-0.39, 0.29) is 0 Å². The molecule has 176 valence electrons. The Morgan fingerprint density at radius 3 is 2.45 bits per heavy atom. The summed E-state index contributed by atoms with van der Waals surface area (Å²) in [5, 5.41) is 13.9. The minimum absolute atomic E-state index is 0.453. The maximum atomic E-state index is 11.3. The van der Waals surface area contributed by atoms with Gasteiger partial charge in [-0.15, -0.1) is 5.10 Å². The molecule has 0 saturated carbocycles. The van der Waals surface area contributed by atoms with Gasteiger partial charge in [0.05, 0.1) is 18.9 Å². The summed E-state index contributed by atoms with van der Waals surface area (Å²) in [5.74, 6) is 0.698. The minimum Gasteiger partial charge on any atom is -0.493 e. The van der Waals surface area contributed by atoms with Crippen LogP contribution >= 0.6 is 0 Å². The first-order valence-corrected chi connectivity index (χ1v) is 11.3. The number of nitrogens with zero attached hydrogens (tertiary/aromatic N) is 2. The Hall–Kier alpha value is -3.48. The zero-order valence-corrected chi connectivity index (χ0v) is 19.7. The molecular weight excluding hydrogens is 420 g/mol. The van der Waals surface area contributed by atoms with Crippen LogP contribution in [0.5, 0.6) is 17.4 Å². The van der Waals surface area contributed by atoms with E-state index < -0.39 is 11.6 Å². The van der Waals surface area contributed by atoms with Crippen molar-refractivity contribution in [2.24, 2.45) is 0 Å². The summed E-state index contributed by atoms with van der Waals surface area (Å²) in [6.07, 6.45) is 4.53. The Balaban J connectivity index is 1.59. The fourth-order valence-electron chi connectivity index (χ4n) is 3.26. The summed E-state index contributed by atoms with van der Waals surface area (Å²) in [5.41, 5.74) is 2.00. The summed E-state index contributed by atoms with van der Waals surface area (Å²) in [6.45, 7) is 8.15. The van der Waals surface area contributed by atoms with E-state index in [9.17, 15) is 9.90 Å². The second-order valence-electron chi connectivity index (χ2n) is 8.20. The van der Waals surface area contributed by atoms with E-state index in [2.05, 4.69) is 36.3 Å². The number of hydrogen-bond donors (Lipinski definition) is 1. The summed E-state index contributed by atoms with van der Waals surface area (Å²) in [7, 11) is 0. The number of carboxylic acids is 1. The van der Waals surface area contributed by atoms with Crippen molar-refractivity contribution in [1.82, 2.24) is 9.78 Å². The van der Waals surface area contributed by atoms with Crippen LogP contribution in [0.15, 0.2) is 54.7 Å². The van der Waals surface area contributed by atoms with E-state index in [1.165, 1.54) is 19.4 Å². The third-order valence-corrected chi connectivity index (χ3v) is 5.19. The summed E-state index contributed by atoms with van der Waals surface area (Å²) < 4.78 is 19.0. The Labute approximate surface area is 194 Å². The average molecular weight is 453 g/mol. The molecule has 7 nitrogen and oxygen atoms in total. The highest BCUT2D eigenvalue weighted by molar-refractivity contribution is 5.76. The molecule has 0 bridgehead atoms. The lowest BCUT2D eigenvalue weighted by Gasteiger charge is -2.21. The van der Waals surface area contributed by atoms with Crippen LogP contribution < -0.4 is 14.2 Å². The zero-order chi connectivity index (χ0) is 23.8. The van der Waals surface area contributed by atoms with Crippen LogP contribution in [0.25, 0.3) is 5.69 Å². The Kier molecular flexibility index (Phi) is 7.98. The third-order valence-electron chi connectivity index (χ3n) is 5.19. The SMILES string of the molecule is CCOc1nn(-c2ccc(CC)cc2)cc1CCCOc1cccc(OC(C)(C)C(=O)O)c1. The molecule has 0 saturated heterocycles. The first-order chi connectivity index (χ1) is 15.8. The van der Waals surface area contributed by atoms with E-state index >= 15 is 0 Å². The minimum atomic E-state index is -1.31. The molecule has 0 amide bonds. The maximum Gasteiger partial charge on any atom is 0.347 e. The van der Waals surface area contributed by atoms with Crippen LogP contribution in [0, 0.1) is 0 Å². The highest BCUT2D eigenvalue weighted by atomic mass is 16.5. The second-order valence-corrected chi connectivity index (χ2v) is 8.20. The second kappa shape index (κ2) is 10.9. The van der Waals surface area contributed by atoms with Crippen LogP contribution in [0.2, 0.25) is 0 Å². The van der Waals surface area contributed by atoms with E-state index in [1.54, 1.807) is 18.2 Å². The van der Waals surface area contributed by atoms with Crippen LogP contribution in [0.3, 0.4) is 0 Å². The van der Waals surface area contributed by atoms with Gasteiger partial charge in [0.25, 0.3) is 0 Å². The molecule has 3 aromatic rings. The van der Waals surface area contributed by atoms with Gasteiger partial charge in [-0.25, -0.2) is 9.48 Å². The van der Waals surface area contributed by atoms with Crippen molar-refractivity contribution in [3.63, 3.8) is 0 Å². The molecular formula is C26H32N2O5. The van der Waals surface area contributed by atoms with E-state index in [1.807, 2.05) is 23.9 Å². The molecule has 0 fully saturated rings. The number of benzene rings is 2. The fourth-order valence-corrected chi connectivity index (χ4v) is 3.26. The number of rotatable bonds is 12. The monoisotopic (exact) mass is 452 g/mol. The first-order valence-electron chi connectivity index (χ1n) is 11.3. The van der Waals surface area contributed by atoms with Crippen molar-refractivity contribution in [2.45, 2.75) is 52.6 Å². The van der Waals surface area contributed by atoms with Gasteiger partial charge >= 0.3 is 5.97 Å². The normalized spacial score (nSPS) is 11.3. The molecule has 7 heteroatoms. The average Bonchev–Trinajstić information content (AvgIpc) is 3.19. The van der Waals surface area contributed by atoms with Crippen molar-refractivity contribution >= 4 is 5.97 Å². The predicted molar refractivity (Wildman–Crippen MR) is 127 cm³/mol. The fraction of sp³-hybridized carbons (Fsp3) is 0.385. The number of carbonyl (C=O) groups is 1. The van der Waals surface area contributed by atoms with Crippen molar-refractivity contribution in [2.75, 3.05) is 13.2 Å². The molecule has 2 aromatic carbocycles. The van der Waals surface area contributed by atoms with Gasteiger partial charge in [0, 0.05) is 17.8 Å². The van der Waals surface area contributed by atoms with Gasteiger partial charge in [0.2, 0.25) is 5.88 Å². The van der Waals surface area contributed by atoms with Gasteiger partial charge in [0.1, 0.15) is 11.5 Å². The number of aliphatic carboxylic acids is 1. The number of carboxylic acid groups (broad SMARTS) is 1. The van der Waals surface area contributed by atoms with E-state index in [0.29, 0.717) is 30.6 Å². The standard InChI is InChI=1S/C26H32N2O5/c1-5-19-12-14-21(15-13-19)28-18-20(24(27-28)31-6-2)9-8-16-32-22-10-7-11-23(17-22)33-26(3,4)25(29)30/h7,10-15,17-18H,5-6,8-9,16H2,1-4H3,(H,29,30). The van der Waals surface area contributed by atoms with Crippen LogP contribution in [0.4, 0.5) is 0 Å². The number of hydrogen-bond acceptors (Lipinski definition) is 5. The molecule has 1 N–H and O–H groups in total. The zero-order valence-electron chi connectivity index (χ0n) is 19.7. The molecule has 1 aromatic heterocycles. The van der Waals surface area contributed by atoms with Crippen molar-refractivity contribution in [3.8, 4) is 23.1 Å². The molecule has 0 aliphatic heterocycles. The molecule has 33 heavy (non-hydrogen) atoms. The van der Waals surface area contributed by atoms with Gasteiger partial charge in [-0.05, 0) is 69.9 Å². The van der Waals surface area contributed by atoms with Gasteiger partial charge in [-0.1, -0.05) is 25.1 Å². The number of aryl methyl sites for hydroxylation is 2. The van der Waals surface area contributed by atoms with Crippen molar-refractivity contribution in [3.05, 3.63) is 65.9 Å². The maximum absolute atomic E-state index is 11.3. The van der Waals surface area contributed by atoms with Crippen molar-refractivity contribution < 1.29 is 24.1 Å². The third kappa shape index (κ3) is 6.51. The predicted octanol–water partition coefficient (Wildman–Crippen LogP) is 5.09. The first kappa shape index (κ1) is 24.2. The lowest BCUT2D eigenvalue weighted by atomic mass is 10.1. The topological polar surface area (TPSA) is 82.8 Å². The smallest absolute Gasteiger partial charge is 0.347 e. The van der Waals surface area contributed by atoms with E-state index in [4.69, 9.17) is 14.2 Å². The molecule has 0 radical (unpaired) electrons. The van der Waals surface area contributed by atoms with Gasteiger partial charge < -0.3 is 19.3 Å². The highest BCUT2D eigenvalue weighted by Crippen LogP contribution is 2.25. The molecule has 0 aliphatic carbocycles. The summed E-state index contributed by atoms with van der Waals surface area (Å²) in [4.78, 5) is 11.3. The molecule has 0 atom stereocenters. The van der Waals surface area contributed by atoms with Crippen molar-refractivity contribution in [1.29, 1.82) is 0 Å².